The van der Waals surface area contributed by atoms with Crippen molar-refractivity contribution >= 4 is 29.1 Å². The second-order valence-corrected chi connectivity index (χ2v) is 6.60. The number of carbonyl (C=O) groups excluding carboxylic acids is 3. The fourth-order valence-corrected chi connectivity index (χ4v) is 3.21. The number of imide groups is 1. The summed E-state index contributed by atoms with van der Waals surface area (Å²) in [6, 6.07) is 10.4. The van der Waals surface area contributed by atoms with E-state index in [9.17, 15) is 18.8 Å². The van der Waals surface area contributed by atoms with Crippen molar-refractivity contribution < 1.29 is 18.8 Å². The Kier molecular flexibility index (Phi) is 4.34. The zero-order valence-electron chi connectivity index (χ0n) is 14.9. The van der Waals surface area contributed by atoms with Gasteiger partial charge in [0.05, 0.1) is 5.69 Å². The highest BCUT2D eigenvalue weighted by atomic mass is 19.1. The van der Waals surface area contributed by atoms with Gasteiger partial charge in [-0.15, -0.1) is 0 Å². The lowest BCUT2D eigenvalue weighted by molar-refractivity contribution is -0.123. The lowest BCUT2D eigenvalue weighted by atomic mass is 10.1. The molecule has 0 saturated carbocycles. The first-order valence-electron chi connectivity index (χ1n) is 8.61. The number of nitrogens with zero attached hydrogens (tertiary/aromatic N) is 4. The summed E-state index contributed by atoms with van der Waals surface area (Å²) in [6.45, 7) is 1.69. The van der Waals surface area contributed by atoms with E-state index in [1.807, 2.05) is 19.1 Å². The van der Waals surface area contributed by atoms with E-state index >= 15 is 0 Å². The molecule has 28 heavy (non-hydrogen) atoms. The maximum absolute atomic E-state index is 13.5. The minimum absolute atomic E-state index is 0.128. The van der Waals surface area contributed by atoms with E-state index < -0.39 is 35.6 Å². The number of rotatable bonds is 4. The van der Waals surface area contributed by atoms with E-state index in [1.165, 1.54) is 23.2 Å². The topological polar surface area (TPSA) is 94.4 Å². The van der Waals surface area contributed by atoms with Gasteiger partial charge in [-0.3, -0.25) is 19.4 Å². The molecule has 0 radical (unpaired) electrons. The third kappa shape index (κ3) is 3.11. The molecule has 2 aliphatic rings. The van der Waals surface area contributed by atoms with Gasteiger partial charge in [0.15, 0.2) is 12.1 Å². The minimum atomic E-state index is -1.04. The molecule has 1 saturated heterocycles. The Labute approximate surface area is 159 Å². The molecular weight excluding hydrogens is 365 g/mol. The van der Waals surface area contributed by atoms with E-state index in [4.69, 9.17) is 0 Å². The van der Waals surface area contributed by atoms with Crippen LogP contribution in [0.2, 0.25) is 0 Å². The number of hydrogen-bond acceptors (Lipinski definition) is 6. The molecule has 8 nitrogen and oxygen atoms in total. The Morgan fingerprint density at radius 3 is 2.61 bits per heavy atom. The average Bonchev–Trinajstić information content (AvgIpc) is 3.17. The Balaban J connectivity index is 1.49. The first kappa shape index (κ1) is 17.8. The summed E-state index contributed by atoms with van der Waals surface area (Å²) < 4.78 is 13.5. The first-order valence-corrected chi connectivity index (χ1v) is 8.61. The molecular formula is C19H16FN5O3. The zero-order chi connectivity index (χ0) is 19.8. The van der Waals surface area contributed by atoms with Crippen LogP contribution in [0.4, 0.5) is 15.8 Å². The van der Waals surface area contributed by atoms with Crippen molar-refractivity contribution in [2.24, 2.45) is 10.3 Å². The highest BCUT2D eigenvalue weighted by Crippen LogP contribution is 2.31. The number of benzene rings is 2. The molecule has 142 valence electrons. The SMILES string of the molecule is Cc1ccc(NC(=O)CN2N=NC3C(=O)N(c4cccc(F)c4)C(=O)C32)cc1. The van der Waals surface area contributed by atoms with Gasteiger partial charge in [-0.1, -0.05) is 29.0 Å². The number of aryl methyl sites for hydroxylation is 1. The molecule has 0 spiro atoms. The monoisotopic (exact) mass is 381 g/mol. The summed E-state index contributed by atoms with van der Waals surface area (Å²) in [4.78, 5) is 38.6. The van der Waals surface area contributed by atoms with Crippen LogP contribution in [0.25, 0.3) is 0 Å². The Morgan fingerprint density at radius 2 is 1.89 bits per heavy atom. The number of carbonyl (C=O) groups is 3. The number of amides is 3. The number of halogens is 1. The van der Waals surface area contributed by atoms with Crippen LogP contribution in [0.5, 0.6) is 0 Å². The fraction of sp³-hybridized carbons (Fsp3) is 0.211. The lowest BCUT2D eigenvalue weighted by Crippen LogP contribution is -2.43. The molecule has 1 fully saturated rings. The van der Waals surface area contributed by atoms with Crippen LogP contribution < -0.4 is 10.2 Å². The van der Waals surface area contributed by atoms with Gasteiger partial charge < -0.3 is 5.32 Å². The molecule has 0 aliphatic carbocycles. The molecule has 2 aliphatic heterocycles. The highest BCUT2D eigenvalue weighted by molar-refractivity contribution is 6.25. The standard InChI is InChI=1S/C19H16FN5O3/c1-11-5-7-13(8-6-11)21-15(26)10-24-17-16(22-23-24)18(27)25(19(17)28)14-4-2-3-12(20)9-14/h2-9,16-17H,10H2,1H3,(H,21,26). The van der Waals surface area contributed by atoms with Gasteiger partial charge in [0.25, 0.3) is 11.8 Å². The van der Waals surface area contributed by atoms with Crippen molar-refractivity contribution in [3.05, 3.63) is 59.9 Å². The number of fused-ring (bicyclic) bond motifs is 1. The molecule has 2 heterocycles. The molecule has 3 amide bonds. The van der Waals surface area contributed by atoms with E-state index in [1.54, 1.807) is 12.1 Å². The predicted octanol–water partition coefficient (Wildman–Crippen LogP) is 2.07. The molecule has 2 aromatic carbocycles. The summed E-state index contributed by atoms with van der Waals surface area (Å²) >= 11 is 0. The third-order valence-electron chi connectivity index (χ3n) is 4.57. The van der Waals surface area contributed by atoms with Gasteiger partial charge in [-0.25, -0.2) is 9.29 Å². The second kappa shape index (κ2) is 6.84. The average molecular weight is 381 g/mol. The lowest BCUT2D eigenvalue weighted by Gasteiger charge is -2.20. The molecule has 1 N–H and O–H groups in total. The number of nitrogens with one attached hydrogen (secondary N) is 1. The fourth-order valence-electron chi connectivity index (χ4n) is 3.21. The highest BCUT2D eigenvalue weighted by Gasteiger charge is 2.55. The summed E-state index contributed by atoms with van der Waals surface area (Å²) in [5.74, 6) is -2.14. The molecule has 2 aromatic rings. The van der Waals surface area contributed by atoms with Crippen LogP contribution >= 0.6 is 0 Å². The van der Waals surface area contributed by atoms with Crippen molar-refractivity contribution in [1.82, 2.24) is 5.01 Å². The van der Waals surface area contributed by atoms with Crippen LogP contribution in [0.15, 0.2) is 58.9 Å². The summed E-state index contributed by atoms with van der Waals surface area (Å²) in [7, 11) is 0. The van der Waals surface area contributed by atoms with Gasteiger partial charge in [-0.05, 0) is 37.3 Å². The largest absolute Gasteiger partial charge is 0.324 e. The Bertz CT molecular complexity index is 991. The predicted molar refractivity (Wildman–Crippen MR) is 97.8 cm³/mol. The van der Waals surface area contributed by atoms with Gasteiger partial charge in [0, 0.05) is 5.69 Å². The van der Waals surface area contributed by atoms with Crippen LogP contribution in [0.3, 0.4) is 0 Å². The van der Waals surface area contributed by atoms with E-state index in [2.05, 4.69) is 15.7 Å². The first-order chi connectivity index (χ1) is 13.4. The van der Waals surface area contributed by atoms with Crippen LogP contribution in [0, 0.1) is 12.7 Å². The summed E-state index contributed by atoms with van der Waals surface area (Å²) in [5, 5.41) is 11.6. The van der Waals surface area contributed by atoms with Crippen molar-refractivity contribution in [3.8, 4) is 0 Å². The van der Waals surface area contributed by atoms with Crippen molar-refractivity contribution in [2.75, 3.05) is 16.8 Å². The zero-order valence-corrected chi connectivity index (χ0v) is 14.9. The van der Waals surface area contributed by atoms with Crippen molar-refractivity contribution in [2.45, 2.75) is 19.0 Å². The Hall–Kier alpha value is -3.62. The molecule has 0 bridgehead atoms. The third-order valence-corrected chi connectivity index (χ3v) is 4.57. The number of hydrogen-bond donors (Lipinski definition) is 1. The van der Waals surface area contributed by atoms with Gasteiger partial charge >= 0.3 is 0 Å². The maximum Gasteiger partial charge on any atom is 0.263 e. The van der Waals surface area contributed by atoms with Crippen LogP contribution in [-0.4, -0.2) is 41.4 Å². The van der Waals surface area contributed by atoms with E-state index in [-0.39, 0.29) is 12.2 Å². The van der Waals surface area contributed by atoms with Crippen LogP contribution in [-0.2, 0) is 14.4 Å². The number of anilines is 2. The molecule has 2 atom stereocenters. The maximum atomic E-state index is 13.5. The van der Waals surface area contributed by atoms with Gasteiger partial charge in [0.2, 0.25) is 5.91 Å². The van der Waals surface area contributed by atoms with Gasteiger partial charge in [0.1, 0.15) is 12.4 Å². The van der Waals surface area contributed by atoms with Crippen molar-refractivity contribution in [1.29, 1.82) is 0 Å². The minimum Gasteiger partial charge on any atom is -0.324 e. The van der Waals surface area contributed by atoms with E-state index in [0.717, 1.165) is 16.5 Å². The van der Waals surface area contributed by atoms with Gasteiger partial charge in [-0.2, -0.15) is 5.11 Å². The normalized spacial score (nSPS) is 20.6. The quantitative estimate of drug-likeness (QED) is 0.821. The smallest absolute Gasteiger partial charge is 0.263 e. The van der Waals surface area contributed by atoms with Crippen LogP contribution in [0.1, 0.15) is 5.56 Å². The van der Waals surface area contributed by atoms with E-state index in [0.29, 0.717) is 5.69 Å². The molecule has 0 aromatic heterocycles. The molecule has 4 rings (SSSR count). The molecule has 2 unspecified atom stereocenters. The summed E-state index contributed by atoms with van der Waals surface area (Å²) in [5.41, 5.74) is 1.80. The molecule has 9 heteroatoms. The summed E-state index contributed by atoms with van der Waals surface area (Å²) in [6.07, 6.45) is 0. The second-order valence-electron chi connectivity index (χ2n) is 6.60. The Morgan fingerprint density at radius 1 is 1.14 bits per heavy atom. The van der Waals surface area contributed by atoms with Crippen molar-refractivity contribution in [3.63, 3.8) is 0 Å².